The van der Waals surface area contributed by atoms with Crippen LogP contribution in [0.25, 0.3) is 5.69 Å². The van der Waals surface area contributed by atoms with Crippen LogP contribution in [0.4, 0.5) is 13.2 Å². The summed E-state index contributed by atoms with van der Waals surface area (Å²) in [7, 11) is 0. The van der Waals surface area contributed by atoms with E-state index in [-0.39, 0.29) is 5.41 Å². The Morgan fingerprint density at radius 2 is 1.53 bits per heavy atom. The van der Waals surface area contributed by atoms with Crippen molar-refractivity contribution in [2.45, 2.75) is 32.4 Å². The maximum atomic E-state index is 12.8. The third kappa shape index (κ3) is 2.80. The second-order valence-electron chi connectivity index (χ2n) is 5.42. The molecule has 0 N–H and O–H groups in total. The van der Waals surface area contributed by atoms with Crippen LogP contribution in [0.1, 0.15) is 32.0 Å². The summed E-state index contributed by atoms with van der Waals surface area (Å²) in [4.78, 5) is 0. The monoisotopic (exact) mass is 268 g/mol. The van der Waals surface area contributed by atoms with Crippen molar-refractivity contribution in [3.63, 3.8) is 0 Å². The fraction of sp³-hybridized carbons (Fsp3) is 0.357. The van der Waals surface area contributed by atoms with Crippen LogP contribution < -0.4 is 0 Å². The van der Waals surface area contributed by atoms with Crippen LogP contribution in [0.5, 0.6) is 0 Å². The maximum Gasteiger partial charge on any atom is 0.433 e. The second kappa shape index (κ2) is 4.40. The van der Waals surface area contributed by atoms with Crippen LogP contribution in [-0.4, -0.2) is 9.78 Å². The van der Waals surface area contributed by atoms with E-state index < -0.39 is 11.9 Å². The summed E-state index contributed by atoms with van der Waals surface area (Å²) in [5, 5.41) is 3.74. The SMILES string of the molecule is CC(C)(C)c1ccc(-n2nccc2C(F)(F)F)cc1. The first kappa shape index (κ1) is 13.6. The fourth-order valence-corrected chi connectivity index (χ4v) is 1.83. The van der Waals surface area contributed by atoms with Gasteiger partial charge in [-0.2, -0.15) is 18.3 Å². The van der Waals surface area contributed by atoms with E-state index in [0.717, 1.165) is 22.5 Å². The van der Waals surface area contributed by atoms with E-state index in [1.54, 1.807) is 12.1 Å². The average Bonchev–Trinajstić information content (AvgIpc) is 2.76. The molecule has 0 aliphatic heterocycles. The van der Waals surface area contributed by atoms with E-state index in [2.05, 4.69) is 25.9 Å². The minimum Gasteiger partial charge on any atom is -0.229 e. The van der Waals surface area contributed by atoms with Gasteiger partial charge in [0.25, 0.3) is 0 Å². The average molecular weight is 268 g/mol. The van der Waals surface area contributed by atoms with Gasteiger partial charge in [0.15, 0.2) is 0 Å². The van der Waals surface area contributed by atoms with Crippen molar-refractivity contribution in [1.82, 2.24) is 9.78 Å². The molecule has 1 heterocycles. The molecule has 1 aromatic heterocycles. The lowest BCUT2D eigenvalue weighted by molar-refractivity contribution is -0.142. The van der Waals surface area contributed by atoms with Crippen molar-refractivity contribution in [2.24, 2.45) is 0 Å². The zero-order valence-corrected chi connectivity index (χ0v) is 11.0. The molecule has 2 rings (SSSR count). The molecule has 0 aliphatic rings. The predicted octanol–water partition coefficient (Wildman–Crippen LogP) is 4.19. The van der Waals surface area contributed by atoms with Gasteiger partial charge in [-0.25, -0.2) is 4.68 Å². The van der Waals surface area contributed by atoms with Crippen LogP contribution in [0, 0.1) is 0 Å². The molecule has 0 saturated heterocycles. The number of alkyl halides is 3. The summed E-state index contributed by atoms with van der Waals surface area (Å²) in [6.07, 6.45) is -3.25. The van der Waals surface area contributed by atoms with Crippen molar-refractivity contribution in [2.75, 3.05) is 0 Å². The molecule has 1 aromatic carbocycles. The molecule has 0 aliphatic carbocycles. The Hall–Kier alpha value is -1.78. The third-order valence-corrected chi connectivity index (χ3v) is 2.91. The molecule has 19 heavy (non-hydrogen) atoms. The molecule has 102 valence electrons. The molecule has 5 heteroatoms. The summed E-state index contributed by atoms with van der Waals surface area (Å²) in [5.74, 6) is 0. The summed E-state index contributed by atoms with van der Waals surface area (Å²) < 4.78 is 39.2. The van der Waals surface area contributed by atoms with Crippen LogP contribution in [0.2, 0.25) is 0 Å². The predicted molar refractivity (Wildman–Crippen MR) is 67.3 cm³/mol. The van der Waals surface area contributed by atoms with Gasteiger partial charge in [0, 0.05) is 0 Å². The number of aromatic nitrogens is 2. The molecule has 0 radical (unpaired) electrons. The van der Waals surface area contributed by atoms with Crippen LogP contribution >= 0.6 is 0 Å². The van der Waals surface area contributed by atoms with Crippen molar-refractivity contribution in [1.29, 1.82) is 0 Å². The minimum absolute atomic E-state index is 0.0322. The molecule has 0 atom stereocenters. The van der Waals surface area contributed by atoms with Gasteiger partial charge >= 0.3 is 6.18 Å². The first-order valence-electron chi connectivity index (χ1n) is 5.92. The topological polar surface area (TPSA) is 17.8 Å². The maximum absolute atomic E-state index is 12.8. The molecular weight excluding hydrogens is 253 g/mol. The number of halogens is 3. The summed E-state index contributed by atoms with van der Waals surface area (Å²) in [6.45, 7) is 6.16. The molecule has 0 amide bonds. The lowest BCUT2D eigenvalue weighted by atomic mass is 9.87. The Balaban J connectivity index is 2.42. The standard InChI is InChI=1S/C14H15F3N2/c1-13(2,3)10-4-6-11(7-5-10)19-12(8-9-18-19)14(15,16)17/h4-9H,1-3H3. The van der Waals surface area contributed by atoms with Gasteiger partial charge in [0.1, 0.15) is 5.69 Å². The van der Waals surface area contributed by atoms with Crippen molar-refractivity contribution < 1.29 is 13.2 Å². The van der Waals surface area contributed by atoms with Gasteiger partial charge < -0.3 is 0 Å². The number of rotatable bonds is 1. The highest BCUT2D eigenvalue weighted by Gasteiger charge is 2.35. The normalized spacial score (nSPS) is 12.7. The number of hydrogen-bond acceptors (Lipinski definition) is 1. The quantitative estimate of drug-likeness (QED) is 0.758. The zero-order valence-electron chi connectivity index (χ0n) is 11.0. The zero-order chi connectivity index (χ0) is 14.3. The molecule has 0 unspecified atom stereocenters. The van der Waals surface area contributed by atoms with Gasteiger partial charge in [-0.15, -0.1) is 0 Å². The van der Waals surface area contributed by atoms with Gasteiger partial charge in [-0.1, -0.05) is 32.9 Å². The fourth-order valence-electron chi connectivity index (χ4n) is 1.83. The van der Waals surface area contributed by atoms with Crippen LogP contribution in [0.3, 0.4) is 0 Å². The van der Waals surface area contributed by atoms with Gasteiger partial charge in [0.2, 0.25) is 0 Å². The first-order valence-corrected chi connectivity index (χ1v) is 5.92. The summed E-state index contributed by atoms with van der Waals surface area (Å²) >= 11 is 0. The van der Waals surface area contributed by atoms with Crippen LogP contribution in [0.15, 0.2) is 36.5 Å². The number of nitrogens with zero attached hydrogens (tertiary/aromatic N) is 2. The minimum atomic E-state index is -4.40. The molecular formula is C14H15F3N2. The van der Waals surface area contributed by atoms with E-state index in [0.29, 0.717) is 5.69 Å². The smallest absolute Gasteiger partial charge is 0.229 e. The highest BCUT2D eigenvalue weighted by molar-refractivity contribution is 5.38. The van der Waals surface area contributed by atoms with Gasteiger partial charge in [-0.05, 0) is 29.2 Å². The van der Waals surface area contributed by atoms with Crippen molar-refractivity contribution in [3.05, 3.63) is 47.8 Å². The number of hydrogen-bond donors (Lipinski definition) is 0. The molecule has 2 nitrogen and oxygen atoms in total. The lowest BCUT2D eigenvalue weighted by Gasteiger charge is -2.19. The first-order chi connectivity index (χ1) is 8.69. The van der Waals surface area contributed by atoms with Crippen molar-refractivity contribution in [3.8, 4) is 5.69 Å². The molecule has 2 aromatic rings. The number of benzene rings is 1. The molecule has 0 spiro atoms. The van der Waals surface area contributed by atoms with Gasteiger partial charge in [-0.3, -0.25) is 0 Å². The highest BCUT2D eigenvalue weighted by Crippen LogP contribution is 2.31. The Morgan fingerprint density at radius 1 is 0.947 bits per heavy atom. The van der Waals surface area contributed by atoms with E-state index >= 15 is 0 Å². The summed E-state index contributed by atoms with van der Waals surface area (Å²) in [5.41, 5.74) is 0.675. The Morgan fingerprint density at radius 3 is 2.00 bits per heavy atom. The van der Waals surface area contributed by atoms with E-state index in [9.17, 15) is 13.2 Å². The Kier molecular flexibility index (Phi) is 3.16. The van der Waals surface area contributed by atoms with E-state index in [1.807, 2.05) is 12.1 Å². The molecule has 0 bridgehead atoms. The molecule has 0 saturated carbocycles. The largest absolute Gasteiger partial charge is 0.433 e. The van der Waals surface area contributed by atoms with E-state index in [1.165, 1.54) is 0 Å². The van der Waals surface area contributed by atoms with Crippen LogP contribution in [-0.2, 0) is 11.6 Å². The second-order valence-corrected chi connectivity index (χ2v) is 5.42. The lowest BCUT2D eigenvalue weighted by Crippen LogP contribution is -2.14. The Bertz CT molecular complexity index is 560. The summed E-state index contributed by atoms with van der Waals surface area (Å²) in [6, 6.07) is 7.94. The highest BCUT2D eigenvalue weighted by atomic mass is 19.4. The molecule has 0 fully saturated rings. The van der Waals surface area contributed by atoms with Crippen molar-refractivity contribution >= 4 is 0 Å². The van der Waals surface area contributed by atoms with E-state index in [4.69, 9.17) is 0 Å². The van der Waals surface area contributed by atoms with Gasteiger partial charge in [0.05, 0.1) is 11.9 Å². The third-order valence-electron chi connectivity index (χ3n) is 2.91. The Labute approximate surface area is 109 Å².